The van der Waals surface area contributed by atoms with E-state index < -0.39 is 10.0 Å². The summed E-state index contributed by atoms with van der Waals surface area (Å²) in [6.07, 6.45) is 1.85. The smallest absolute Gasteiger partial charge is 0.240 e. The highest BCUT2D eigenvalue weighted by Gasteiger charge is 2.27. The van der Waals surface area contributed by atoms with Gasteiger partial charge in [0.1, 0.15) is 0 Å². The molecule has 4 N–H and O–H groups in total. The standard InChI is InChI=1S/C12H18N4O2S.HI/c1-14-12(13)15-8-9-2-6-11(7-3-9)19(17,18)16-10-4-5-10;/h2-3,6-7,10,16H,4-5,8H2,1H3,(H3,13,14,15);1H. The van der Waals surface area contributed by atoms with Crippen LogP contribution in [-0.2, 0) is 16.6 Å². The van der Waals surface area contributed by atoms with Crippen LogP contribution in [0.25, 0.3) is 0 Å². The first-order chi connectivity index (χ1) is 9.01. The topological polar surface area (TPSA) is 96.6 Å². The zero-order valence-electron chi connectivity index (χ0n) is 11.2. The minimum Gasteiger partial charge on any atom is -0.370 e. The number of halogens is 1. The van der Waals surface area contributed by atoms with E-state index in [1.54, 1.807) is 31.3 Å². The zero-order chi connectivity index (χ0) is 13.9. The van der Waals surface area contributed by atoms with Gasteiger partial charge in [0.2, 0.25) is 10.0 Å². The fourth-order valence-corrected chi connectivity index (χ4v) is 2.85. The van der Waals surface area contributed by atoms with Gasteiger partial charge in [-0.15, -0.1) is 24.0 Å². The van der Waals surface area contributed by atoms with Crippen molar-refractivity contribution in [3.8, 4) is 0 Å². The maximum Gasteiger partial charge on any atom is 0.240 e. The van der Waals surface area contributed by atoms with Gasteiger partial charge in [-0.3, -0.25) is 4.99 Å². The maximum atomic E-state index is 11.9. The second-order valence-corrected chi connectivity index (χ2v) is 6.22. The van der Waals surface area contributed by atoms with Crippen LogP contribution in [0.4, 0.5) is 0 Å². The van der Waals surface area contributed by atoms with Crippen molar-refractivity contribution in [2.24, 2.45) is 10.7 Å². The Morgan fingerprint density at radius 2 is 1.95 bits per heavy atom. The van der Waals surface area contributed by atoms with Gasteiger partial charge in [-0.1, -0.05) is 12.1 Å². The van der Waals surface area contributed by atoms with Gasteiger partial charge in [0.15, 0.2) is 5.96 Å². The van der Waals surface area contributed by atoms with Gasteiger partial charge in [-0.25, -0.2) is 13.1 Å². The third kappa shape index (κ3) is 4.91. The van der Waals surface area contributed by atoms with Crippen LogP contribution < -0.4 is 15.8 Å². The van der Waals surface area contributed by atoms with Crippen molar-refractivity contribution >= 4 is 40.0 Å². The molecule has 6 nitrogen and oxygen atoms in total. The number of hydrogen-bond donors (Lipinski definition) is 3. The van der Waals surface area contributed by atoms with Crippen molar-refractivity contribution in [3.63, 3.8) is 0 Å². The summed E-state index contributed by atoms with van der Waals surface area (Å²) < 4.78 is 26.5. The normalized spacial score (nSPS) is 15.6. The Labute approximate surface area is 136 Å². The number of nitrogens with zero attached hydrogens (tertiary/aromatic N) is 1. The Morgan fingerprint density at radius 3 is 2.45 bits per heavy atom. The first kappa shape index (κ1) is 17.2. The van der Waals surface area contributed by atoms with Crippen LogP contribution in [0, 0.1) is 0 Å². The summed E-state index contributed by atoms with van der Waals surface area (Å²) in [5.74, 6) is 0.354. The molecule has 0 aliphatic heterocycles. The summed E-state index contributed by atoms with van der Waals surface area (Å²) in [4.78, 5) is 4.07. The quantitative estimate of drug-likeness (QED) is 0.380. The van der Waals surface area contributed by atoms with Crippen molar-refractivity contribution < 1.29 is 8.42 Å². The molecule has 0 bridgehead atoms. The predicted octanol–water partition coefficient (Wildman–Crippen LogP) is 0.779. The zero-order valence-corrected chi connectivity index (χ0v) is 14.3. The van der Waals surface area contributed by atoms with Gasteiger partial charge in [0, 0.05) is 19.6 Å². The molecule has 0 atom stereocenters. The average Bonchev–Trinajstić information content (AvgIpc) is 3.19. The fourth-order valence-electron chi connectivity index (χ4n) is 1.55. The molecule has 8 heteroatoms. The molecule has 1 aliphatic rings. The molecule has 2 rings (SSSR count). The number of aliphatic imine (C=N–C) groups is 1. The minimum atomic E-state index is -3.37. The highest BCUT2D eigenvalue weighted by molar-refractivity contribution is 14.0. The summed E-state index contributed by atoms with van der Waals surface area (Å²) in [5.41, 5.74) is 6.46. The van der Waals surface area contributed by atoms with Gasteiger partial charge in [-0.2, -0.15) is 0 Å². The Balaban J connectivity index is 0.00000200. The van der Waals surface area contributed by atoms with Crippen LogP contribution in [0.2, 0.25) is 0 Å². The second-order valence-electron chi connectivity index (χ2n) is 4.50. The van der Waals surface area contributed by atoms with Gasteiger partial charge in [0.25, 0.3) is 0 Å². The SMILES string of the molecule is CN=C(N)NCc1ccc(S(=O)(=O)NC2CC2)cc1.I. The molecule has 1 aromatic rings. The molecular formula is C12H19IN4O2S. The molecule has 1 fully saturated rings. The Morgan fingerprint density at radius 1 is 1.35 bits per heavy atom. The number of benzene rings is 1. The van der Waals surface area contributed by atoms with Crippen molar-refractivity contribution in [3.05, 3.63) is 29.8 Å². The highest BCUT2D eigenvalue weighted by Crippen LogP contribution is 2.22. The number of hydrogen-bond acceptors (Lipinski definition) is 3. The first-order valence-electron chi connectivity index (χ1n) is 6.08. The number of sulfonamides is 1. The lowest BCUT2D eigenvalue weighted by atomic mass is 10.2. The van der Waals surface area contributed by atoms with Crippen LogP contribution in [-0.4, -0.2) is 27.5 Å². The molecule has 0 unspecified atom stereocenters. The third-order valence-corrected chi connectivity index (χ3v) is 4.38. The molecule has 1 aromatic carbocycles. The van der Waals surface area contributed by atoms with E-state index in [1.165, 1.54) is 0 Å². The fraction of sp³-hybridized carbons (Fsp3) is 0.417. The lowest BCUT2D eigenvalue weighted by Gasteiger charge is -2.08. The van der Waals surface area contributed by atoms with E-state index >= 15 is 0 Å². The van der Waals surface area contributed by atoms with Crippen LogP contribution >= 0.6 is 24.0 Å². The molecular weight excluding hydrogens is 391 g/mol. The summed E-state index contributed by atoms with van der Waals surface area (Å²) in [7, 11) is -1.77. The van der Waals surface area contributed by atoms with E-state index in [0.29, 0.717) is 17.4 Å². The van der Waals surface area contributed by atoms with Crippen molar-refractivity contribution in [2.45, 2.75) is 30.3 Å². The molecule has 0 saturated heterocycles. The van der Waals surface area contributed by atoms with Crippen LogP contribution in [0.1, 0.15) is 18.4 Å². The molecule has 0 heterocycles. The van der Waals surface area contributed by atoms with E-state index in [9.17, 15) is 8.42 Å². The van der Waals surface area contributed by atoms with Crippen LogP contribution in [0.5, 0.6) is 0 Å². The van der Waals surface area contributed by atoms with Gasteiger partial charge < -0.3 is 11.1 Å². The van der Waals surface area contributed by atoms with Gasteiger partial charge in [0.05, 0.1) is 4.90 Å². The van der Waals surface area contributed by atoms with Crippen molar-refractivity contribution in [2.75, 3.05) is 7.05 Å². The number of nitrogens with one attached hydrogen (secondary N) is 2. The molecule has 1 saturated carbocycles. The molecule has 0 spiro atoms. The third-order valence-electron chi connectivity index (χ3n) is 2.85. The Hall–Kier alpha value is -0.870. The summed E-state index contributed by atoms with van der Waals surface area (Å²) >= 11 is 0. The summed E-state index contributed by atoms with van der Waals surface area (Å²) in [6, 6.07) is 6.84. The Bertz CT molecular complexity index is 568. The predicted molar refractivity (Wildman–Crippen MR) is 89.6 cm³/mol. The number of guanidine groups is 1. The largest absolute Gasteiger partial charge is 0.370 e. The van der Waals surface area contributed by atoms with Crippen LogP contribution in [0.3, 0.4) is 0 Å². The lowest BCUT2D eigenvalue weighted by molar-refractivity contribution is 0.581. The Kier molecular flexibility index (Phi) is 6.21. The average molecular weight is 410 g/mol. The van der Waals surface area contributed by atoms with E-state index in [1.807, 2.05) is 0 Å². The summed E-state index contributed by atoms with van der Waals surface area (Å²) in [5, 5.41) is 2.91. The molecule has 0 aromatic heterocycles. The maximum absolute atomic E-state index is 11.9. The summed E-state index contributed by atoms with van der Waals surface area (Å²) in [6.45, 7) is 0.513. The van der Waals surface area contributed by atoms with E-state index in [2.05, 4.69) is 15.0 Å². The molecule has 0 amide bonds. The van der Waals surface area contributed by atoms with Crippen molar-refractivity contribution in [1.82, 2.24) is 10.0 Å². The van der Waals surface area contributed by atoms with Crippen molar-refractivity contribution in [1.29, 1.82) is 0 Å². The van der Waals surface area contributed by atoms with E-state index in [-0.39, 0.29) is 30.0 Å². The highest BCUT2D eigenvalue weighted by atomic mass is 127. The molecule has 0 radical (unpaired) electrons. The second kappa shape index (κ2) is 7.23. The molecule has 1 aliphatic carbocycles. The minimum absolute atomic E-state index is 0. The number of nitrogens with two attached hydrogens (primary N) is 1. The van der Waals surface area contributed by atoms with Gasteiger partial charge in [-0.05, 0) is 30.5 Å². The number of rotatable bonds is 5. The van der Waals surface area contributed by atoms with Crippen LogP contribution in [0.15, 0.2) is 34.2 Å². The van der Waals surface area contributed by atoms with E-state index in [4.69, 9.17) is 5.73 Å². The monoisotopic (exact) mass is 410 g/mol. The first-order valence-corrected chi connectivity index (χ1v) is 7.57. The lowest BCUT2D eigenvalue weighted by Crippen LogP contribution is -2.30. The molecule has 112 valence electrons. The molecule has 20 heavy (non-hydrogen) atoms. The van der Waals surface area contributed by atoms with E-state index in [0.717, 1.165) is 18.4 Å². The van der Waals surface area contributed by atoms with Gasteiger partial charge >= 0.3 is 0 Å².